The molecule has 0 bridgehead atoms. The Kier molecular flexibility index (Phi) is 5.65. The maximum absolute atomic E-state index is 13.1. The lowest BCUT2D eigenvalue weighted by atomic mass is 10.1. The number of nitrogens with one attached hydrogen (secondary N) is 2. The highest BCUT2D eigenvalue weighted by Crippen LogP contribution is 2.11. The zero-order chi connectivity index (χ0) is 20.9. The Balaban J connectivity index is 1.52. The highest BCUT2D eigenvalue weighted by atomic mass is 16.2. The molecule has 3 heterocycles. The van der Waals surface area contributed by atoms with Gasteiger partial charge in [0.2, 0.25) is 11.9 Å². The molecule has 4 aromatic rings. The standard InChI is InChI=1S/C22H23N7O/c1-15-12-16(2)25-22(24-15)26-18(13-17-8-4-3-5-9-17)21(30)23-14-20-28-27-19-10-6-7-11-29(19)20/h3-12,18H,13-14H2,1-2H3,(H,23,30)(H,24,25,26)/t18-/m0/s1. The van der Waals surface area contributed by atoms with Crippen molar-refractivity contribution < 1.29 is 4.79 Å². The average Bonchev–Trinajstić information content (AvgIpc) is 3.15. The fourth-order valence-electron chi connectivity index (χ4n) is 3.31. The van der Waals surface area contributed by atoms with Crippen LogP contribution >= 0.6 is 0 Å². The zero-order valence-electron chi connectivity index (χ0n) is 16.9. The Bertz CT molecular complexity index is 1140. The van der Waals surface area contributed by atoms with Gasteiger partial charge in [-0.3, -0.25) is 9.20 Å². The molecule has 1 atom stereocenters. The molecule has 0 aliphatic heterocycles. The second-order valence-electron chi connectivity index (χ2n) is 7.12. The number of hydrogen-bond acceptors (Lipinski definition) is 6. The third-order valence-electron chi connectivity index (χ3n) is 4.69. The van der Waals surface area contributed by atoms with Gasteiger partial charge in [0.1, 0.15) is 6.04 Å². The molecule has 3 aromatic heterocycles. The van der Waals surface area contributed by atoms with Gasteiger partial charge in [-0.25, -0.2) is 9.97 Å². The van der Waals surface area contributed by atoms with E-state index in [9.17, 15) is 4.79 Å². The first-order valence-electron chi connectivity index (χ1n) is 9.77. The molecule has 2 N–H and O–H groups in total. The van der Waals surface area contributed by atoms with Crippen LogP contribution in [-0.4, -0.2) is 36.5 Å². The van der Waals surface area contributed by atoms with Crippen LogP contribution in [0.5, 0.6) is 0 Å². The summed E-state index contributed by atoms with van der Waals surface area (Å²) in [6, 6.07) is 16.9. The van der Waals surface area contributed by atoms with E-state index in [-0.39, 0.29) is 12.5 Å². The van der Waals surface area contributed by atoms with E-state index in [2.05, 4.69) is 30.8 Å². The minimum atomic E-state index is -0.534. The number of hydrogen-bond donors (Lipinski definition) is 2. The Labute approximate surface area is 174 Å². The molecule has 1 aromatic carbocycles. The number of carbonyl (C=O) groups is 1. The number of anilines is 1. The second kappa shape index (κ2) is 8.69. The molecule has 1 amide bonds. The summed E-state index contributed by atoms with van der Waals surface area (Å²) in [5.74, 6) is 0.950. The number of pyridine rings is 1. The number of aryl methyl sites for hydroxylation is 2. The molecule has 8 heteroatoms. The summed E-state index contributed by atoms with van der Waals surface area (Å²) in [5, 5.41) is 14.5. The summed E-state index contributed by atoms with van der Waals surface area (Å²) in [7, 11) is 0. The molecule has 4 rings (SSSR count). The summed E-state index contributed by atoms with van der Waals surface area (Å²) >= 11 is 0. The highest BCUT2D eigenvalue weighted by molar-refractivity contribution is 5.84. The molecule has 0 radical (unpaired) electrons. The molecule has 0 fully saturated rings. The molecule has 0 saturated carbocycles. The van der Waals surface area contributed by atoms with E-state index in [0.717, 1.165) is 22.6 Å². The van der Waals surface area contributed by atoms with E-state index < -0.39 is 6.04 Å². The number of nitrogens with zero attached hydrogens (tertiary/aromatic N) is 5. The maximum atomic E-state index is 13.1. The molecule has 0 unspecified atom stereocenters. The van der Waals surface area contributed by atoms with Crippen LogP contribution in [0.3, 0.4) is 0 Å². The fraction of sp³-hybridized carbons (Fsp3) is 0.227. The Hall–Kier alpha value is -3.81. The van der Waals surface area contributed by atoms with Gasteiger partial charge >= 0.3 is 0 Å². The molecule has 8 nitrogen and oxygen atoms in total. The van der Waals surface area contributed by atoms with E-state index >= 15 is 0 Å². The monoisotopic (exact) mass is 401 g/mol. The third kappa shape index (κ3) is 4.60. The van der Waals surface area contributed by atoms with Gasteiger partial charge in [0, 0.05) is 24.0 Å². The predicted molar refractivity (Wildman–Crippen MR) is 114 cm³/mol. The fourth-order valence-corrected chi connectivity index (χ4v) is 3.31. The van der Waals surface area contributed by atoms with Crippen molar-refractivity contribution in [3.63, 3.8) is 0 Å². The topological polar surface area (TPSA) is 97.1 Å². The number of amides is 1. The summed E-state index contributed by atoms with van der Waals surface area (Å²) in [6.07, 6.45) is 2.38. The summed E-state index contributed by atoms with van der Waals surface area (Å²) in [6.45, 7) is 4.08. The van der Waals surface area contributed by atoms with Gasteiger partial charge in [0.15, 0.2) is 11.5 Å². The third-order valence-corrected chi connectivity index (χ3v) is 4.69. The Morgan fingerprint density at radius 3 is 2.50 bits per heavy atom. The molecule has 0 spiro atoms. The molecule has 30 heavy (non-hydrogen) atoms. The van der Waals surface area contributed by atoms with Crippen LogP contribution in [0.15, 0.2) is 60.8 Å². The van der Waals surface area contributed by atoms with Gasteiger partial charge in [-0.2, -0.15) is 0 Å². The van der Waals surface area contributed by atoms with Gasteiger partial charge in [-0.15, -0.1) is 10.2 Å². The van der Waals surface area contributed by atoms with Crippen molar-refractivity contribution in [1.29, 1.82) is 0 Å². The van der Waals surface area contributed by atoms with Crippen LogP contribution in [0.4, 0.5) is 5.95 Å². The number of carbonyl (C=O) groups excluding carboxylic acids is 1. The molecule has 0 saturated heterocycles. The Morgan fingerprint density at radius 2 is 1.73 bits per heavy atom. The number of aromatic nitrogens is 5. The van der Waals surface area contributed by atoms with Crippen LogP contribution in [0, 0.1) is 13.8 Å². The zero-order valence-corrected chi connectivity index (χ0v) is 16.9. The first-order valence-corrected chi connectivity index (χ1v) is 9.77. The van der Waals surface area contributed by atoms with Crippen molar-refractivity contribution in [1.82, 2.24) is 29.9 Å². The number of rotatable bonds is 7. The van der Waals surface area contributed by atoms with Gasteiger partial charge in [-0.1, -0.05) is 36.4 Å². The van der Waals surface area contributed by atoms with Crippen molar-refractivity contribution in [2.24, 2.45) is 0 Å². The van der Waals surface area contributed by atoms with Crippen LogP contribution in [0.25, 0.3) is 5.65 Å². The van der Waals surface area contributed by atoms with Gasteiger partial charge in [-0.05, 0) is 37.6 Å². The quantitative estimate of drug-likeness (QED) is 0.494. The largest absolute Gasteiger partial charge is 0.347 e. The maximum Gasteiger partial charge on any atom is 0.243 e. The average molecular weight is 401 g/mol. The predicted octanol–water partition coefficient (Wildman–Crippen LogP) is 2.48. The molecular weight excluding hydrogens is 378 g/mol. The Morgan fingerprint density at radius 1 is 1.00 bits per heavy atom. The van der Waals surface area contributed by atoms with Crippen molar-refractivity contribution in [3.8, 4) is 0 Å². The summed E-state index contributed by atoms with van der Waals surface area (Å²) < 4.78 is 1.85. The van der Waals surface area contributed by atoms with Crippen LogP contribution in [-0.2, 0) is 17.8 Å². The lowest BCUT2D eigenvalue weighted by Crippen LogP contribution is -2.41. The van der Waals surface area contributed by atoms with Gasteiger partial charge < -0.3 is 10.6 Å². The first-order chi connectivity index (χ1) is 14.6. The first kappa shape index (κ1) is 19.5. The van der Waals surface area contributed by atoms with Crippen molar-refractivity contribution in [2.45, 2.75) is 32.9 Å². The van der Waals surface area contributed by atoms with Crippen LogP contribution in [0.1, 0.15) is 22.8 Å². The highest BCUT2D eigenvalue weighted by Gasteiger charge is 2.21. The molecule has 152 valence electrons. The van der Waals surface area contributed by atoms with E-state index in [1.165, 1.54) is 0 Å². The lowest BCUT2D eigenvalue weighted by Gasteiger charge is -2.19. The minimum absolute atomic E-state index is 0.158. The van der Waals surface area contributed by atoms with E-state index in [0.29, 0.717) is 18.2 Å². The normalized spacial score (nSPS) is 11.9. The molecule has 0 aliphatic rings. The van der Waals surface area contributed by atoms with Gasteiger partial charge in [0.05, 0.1) is 6.54 Å². The minimum Gasteiger partial charge on any atom is -0.347 e. The number of benzene rings is 1. The second-order valence-corrected chi connectivity index (χ2v) is 7.12. The van der Waals surface area contributed by atoms with Crippen LogP contribution < -0.4 is 10.6 Å². The van der Waals surface area contributed by atoms with Crippen LogP contribution in [0.2, 0.25) is 0 Å². The lowest BCUT2D eigenvalue weighted by molar-refractivity contribution is -0.122. The van der Waals surface area contributed by atoms with Gasteiger partial charge in [0.25, 0.3) is 0 Å². The van der Waals surface area contributed by atoms with E-state index in [4.69, 9.17) is 0 Å². The number of fused-ring (bicyclic) bond motifs is 1. The van der Waals surface area contributed by atoms with E-state index in [1.54, 1.807) is 0 Å². The van der Waals surface area contributed by atoms with E-state index in [1.807, 2.05) is 79.0 Å². The molecule has 0 aliphatic carbocycles. The molecular formula is C22H23N7O. The van der Waals surface area contributed by atoms with Crippen molar-refractivity contribution in [3.05, 3.63) is 83.6 Å². The van der Waals surface area contributed by atoms with Crippen molar-refractivity contribution in [2.75, 3.05) is 5.32 Å². The van der Waals surface area contributed by atoms with Crippen molar-refractivity contribution >= 4 is 17.5 Å². The SMILES string of the molecule is Cc1cc(C)nc(N[C@@H](Cc2ccccc2)C(=O)NCc2nnc3ccccn23)n1. The smallest absolute Gasteiger partial charge is 0.243 e. The summed E-state index contributed by atoms with van der Waals surface area (Å²) in [4.78, 5) is 21.9. The summed E-state index contributed by atoms with van der Waals surface area (Å²) in [5.41, 5.74) is 3.48.